The van der Waals surface area contributed by atoms with Gasteiger partial charge in [0.1, 0.15) is 0 Å². The monoisotopic (exact) mass is 179 g/mol. The molecule has 0 amide bonds. The van der Waals surface area contributed by atoms with Crippen LogP contribution in [0, 0.1) is 0 Å². The van der Waals surface area contributed by atoms with Crippen LogP contribution in [-0.4, -0.2) is 6.54 Å². The third-order valence-corrected chi connectivity index (χ3v) is 1.88. The maximum Gasteiger partial charge on any atom is -0.0106 e. The first kappa shape index (κ1) is 12.2. The van der Waals surface area contributed by atoms with E-state index < -0.39 is 0 Å². The van der Waals surface area contributed by atoms with Gasteiger partial charge in [-0.25, -0.2) is 0 Å². The lowest BCUT2D eigenvalue weighted by molar-refractivity contribution is 1.04. The Morgan fingerprint density at radius 1 is 0.923 bits per heavy atom. The lowest BCUT2D eigenvalue weighted by Crippen LogP contribution is -1.88. The van der Waals surface area contributed by atoms with E-state index in [4.69, 9.17) is 5.73 Å². The van der Waals surface area contributed by atoms with Gasteiger partial charge in [-0.2, -0.15) is 0 Å². The predicted octanol–water partition coefficient (Wildman–Crippen LogP) is 2.78. The van der Waals surface area contributed by atoms with E-state index in [1.807, 2.05) is 6.92 Å². The average Bonchev–Trinajstić information content (AvgIpc) is 2.19. The second kappa shape index (κ2) is 7.81. The zero-order valence-electron chi connectivity index (χ0n) is 9.01. The largest absolute Gasteiger partial charge is 0.331 e. The molecule has 1 aromatic rings. The van der Waals surface area contributed by atoms with Crippen LogP contribution in [0.5, 0.6) is 0 Å². The van der Waals surface area contributed by atoms with Crippen molar-refractivity contribution < 1.29 is 0 Å². The minimum absolute atomic E-state index is 0.750. The molecule has 0 saturated carbocycles. The molecular weight excluding hydrogens is 158 g/mol. The number of hydrogen-bond acceptors (Lipinski definition) is 1. The van der Waals surface area contributed by atoms with Gasteiger partial charge in [0.15, 0.2) is 0 Å². The van der Waals surface area contributed by atoms with E-state index in [9.17, 15) is 0 Å². The van der Waals surface area contributed by atoms with Crippen molar-refractivity contribution in [3.05, 3.63) is 35.4 Å². The molecule has 0 fully saturated rings. The summed E-state index contributed by atoms with van der Waals surface area (Å²) in [6.45, 7) is 7.06. The highest BCUT2D eigenvalue weighted by molar-refractivity contribution is 5.26. The maximum absolute atomic E-state index is 4.85. The van der Waals surface area contributed by atoms with Crippen LogP contribution in [-0.2, 0) is 12.8 Å². The molecule has 1 nitrogen and oxygen atoms in total. The van der Waals surface area contributed by atoms with E-state index in [1.54, 1.807) is 0 Å². The molecule has 13 heavy (non-hydrogen) atoms. The van der Waals surface area contributed by atoms with Crippen LogP contribution in [0.15, 0.2) is 24.3 Å². The van der Waals surface area contributed by atoms with Crippen LogP contribution in [0.1, 0.15) is 31.9 Å². The van der Waals surface area contributed by atoms with Crippen molar-refractivity contribution in [2.75, 3.05) is 6.54 Å². The molecule has 0 spiro atoms. The van der Waals surface area contributed by atoms with Crippen molar-refractivity contribution >= 4 is 0 Å². The number of rotatable bonds is 2. The van der Waals surface area contributed by atoms with Gasteiger partial charge < -0.3 is 5.73 Å². The summed E-state index contributed by atoms with van der Waals surface area (Å²) in [5.41, 5.74) is 7.83. The van der Waals surface area contributed by atoms with E-state index in [2.05, 4.69) is 38.1 Å². The Bertz CT molecular complexity index is 195. The minimum Gasteiger partial charge on any atom is -0.331 e. The average molecular weight is 179 g/mol. The van der Waals surface area contributed by atoms with Gasteiger partial charge in [-0.1, -0.05) is 45.0 Å². The number of aryl methyl sites for hydroxylation is 2. The first-order valence-electron chi connectivity index (χ1n) is 5.06. The first-order valence-corrected chi connectivity index (χ1v) is 5.06. The predicted molar refractivity (Wildman–Crippen MR) is 59.9 cm³/mol. The molecule has 0 unspecified atom stereocenters. The highest BCUT2D eigenvalue weighted by Gasteiger charge is 1.93. The van der Waals surface area contributed by atoms with Crippen LogP contribution < -0.4 is 5.73 Å². The Morgan fingerprint density at radius 3 is 1.46 bits per heavy atom. The Morgan fingerprint density at radius 2 is 1.23 bits per heavy atom. The molecule has 74 valence electrons. The molecule has 0 aliphatic rings. The molecule has 1 rings (SSSR count). The van der Waals surface area contributed by atoms with Crippen molar-refractivity contribution in [2.24, 2.45) is 5.73 Å². The molecule has 0 aliphatic carbocycles. The molecule has 1 heteroatoms. The topological polar surface area (TPSA) is 26.0 Å². The molecule has 0 radical (unpaired) electrons. The van der Waals surface area contributed by atoms with E-state index in [-0.39, 0.29) is 0 Å². The number of hydrogen-bond donors (Lipinski definition) is 1. The van der Waals surface area contributed by atoms with Gasteiger partial charge in [-0.05, 0) is 30.5 Å². The van der Waals surface area contributed by atoms with Crippen LogP contribution >= 0.6 is 0 Å². The van der Waals surface area contributed by atoms with Gasteiger partial charge in [0.05, 0.1) is 0 Å². The summed E-state index contributed by atoms with van der Waals surface area (Å²) < 4.78 is 0. The van der Waals surface area contributed by atoms with Gasteiger partial charge in [-0.15, -0.1) is 0 Å². The van der Waals surface area contributed by atoms with Crippen LogP contribution in [0.25, 0.3) is 0 Å². The summed E-state index contributed by atoms with van der Waals surface area (Å²) in [7, 11) is 0. The summed E-state index contributed by atoms with van der Waals surface area (Å²) in [6.07, 6.45) is 2.31. The lowest BCUT2D eigenvalue weighted by atomic mass is 10.0. The molecule has 2 N–H and O–H groups in total. The first-order chi connectivity index (χ1) is 6.29. The lowest BCUT2D eigenvalue weighted by Gasteiger charge is -2.02. The fraction of sp³-hybridized carbons (Fsp3) is 0.500. The van der Waals surface area contributed by atoms with Gasteiger partial charge in [0, 0.05) is 0 Å². The molecule has 0 saturated heterocycles. The summed E-state index contributed by atoms with van der Waals surface area (Å²) in [5.74, 6) is 0. The van der Waals surface area contributed by atoms with Crippen molar-refractivity contribution in [2.45, 2.75) is 33.6 Å². The van der Waals surface area contributed by atoms with E-state index >= 15 is 0 Å². The Kier molecular flexibility index (Phi) is 7.32. The maximum atomic E-state index is 4.85. The van der Waals surface area contributed by atoms with Crippen molar-refractivity contribution in [1.29, 1.82) is 0 Å². The van der Waals surface area contributed by atoms with Crippen LogP contribution in [0.3, 0.4) is 0 Å². The molecule has 0 heterocycles. The SMILES string of the molecule is CCN.CCc1ccccc1CC. The fourth-order valence-electron chi connectivity index (χ4n) is 1.25. The summed E-state index contributed by atoms with van der Waals surface area (Å²) in [6, 6.07) is 8.63. The highest BCUT2D eigenvalue weighted by atomic mass is 14.5. The summed E-state index contributed by atoms with van der Waals surface area (Å²) in [5, 5.41) is 0. The van der Waals surface area contributed by atoms with Gasteiger partial charge >= 0.3 is 0 Å². The highest BCUT2D eigenvalue weighted by Crippen LogP contribution is 2.08. The fourth-order valence-corrected chi connectivity index (χ4v) is 1.25. The van der Waals surface area contributed by atoms with Gasteiger partial charge in [0.25, 0.3) is 0 Å². The standard InChI is InChI=1S/C10H14.C2H7N/c1-3-9-7-5-6-8-10(9)4-2;1-2-3/h5-8H,3-4H2,1-2H3;2-3H2,1H3. The normalized spacial score (nSPS) is 8.92. The Hall–Kier alpha value is -0.820. The van der Waals surface area contributed by atoms with Crippen LogP contribution in [0.4, 0.5) is 0 Å². The van der Waals surface area contributed by atoms with E-state index in [0.29, 0.717) is 0 Å². The third-order valence-electron chi connectivity index (χ3n) is 1.88. The van der Waals surface area contributed by atoms with Crippen molar-refractivity contribution in [3.63, 3.8) is 0 Å². The third kappa shape index (κ3) is 4.69. The number of benzene rings is 1. The zero-order chi connectivity index (χ0) is 10.1. The minimum atomic E-state index is 0.750. The van der Waals surface area contributed by atoms with Crippen molar-refractivity contribution in [3.8, 4) is 0 Å². The summed E-state index contributed by atoms with van der Waals surface area (Å²) >= 11 is 0. The molecule has 0 aromatic heterocycles. The van der Waals surface area contributed by atoms with Gasteiger partial charge in [-0.3, -0.25) is 0 Å². The van der Waals surface area contributed by atoms with Crippen molar-refractivity contribution in [1.82, 2.24) is 0 Å². The second-order valence-electron chi connectivity index (χ2n) is 2.88. The van der Waals surface area contributed by atoms with Crippen LogP contribution in [0.2, 0.25) is 0 Å². The molecule has 0 bridgehead atoms. The molecular formula is C12H21N. The Labute approximate surface area is 82.0 Å². The number of nitrogens with two attached hydrogens (primary N) is 1. The van der Waals surface area contributed by atoms with E-state index in [0.717, 1.165) is 19.4 Å². The summed E-state index contributed by atoms with van der Waals surface area (Å²) in [4.78, 5) is 0. The zero-order valence-corrected chi connectivity index (χ0v) is 9.01. The molecule has 1 aromatic carbocycles. The molecule has 0 aliphatic heterocycles. The smallest absolute Gasteiger partial charge is 0.0106 e. The Balaban J connectivity index is 0.000000424. The second-order valence-corrected chi connectivity index (χ2v) is 2.88. The van der Waals surface area contributed by atoms with Gasteiger partial charge in [0.2, 0.25) is 0 Å². The quantitative estimate of drug-likeness (QED) is 0.742. The molecule has 0 atom stereocenters. The van der Waals surface area contributed by atoms with E-state index in [1.165, 1.54) is 11.1 Å².